The van der Waals surface area contributed by atoms with Gasteiger partial charge in [-0.3, -0.25) is 4.57 Å². The minimum Gasteiger partial charge on any atom is -0.493 e. The van der Waals surface area contributed by atoms with E-state index in [0.29, 0.717) is 35.2 Å². The zero-order valence-electron chi connectivity index (χ0n) is 21.2. The number of nitriles is 1. The second-order valence-corrected chi connectivity index (χ2v) is 9.83. The minimum absolute atomic E-state index is 0.297. The first-order valence-electron chi connectivity index (χ1n) is 11.7. The quantitative estimate of drug-likeness (QED) is 0.179. The summed E-state index contributed by atoms with van der Waals surface area (Å²) in [5, 5.41) is 9.73. The summed E-state index contributed by atoms with van der Waals surface area (Å²) in [5.41, 5.74) is 2.92. The van der Waals surface area contributed by atoms with E-state index in [1.165, 1.54) is 12.1 Å². The largest absolute Gasteiger partial charge is 0.493 e. The number of rotatable bonds is 10. The number of methoxy groups -OCH3 is 2. The molecule has 0 radical (unpaired) electrons. The van der Waals surface area contributed by atoms with Crippen molar-refractivity contribution in [3.8, 4) is 29.0 Å². The molecule has 0 fully saturated rings. The molecular weight excluding hydrogens is 489 g/mol. The van der Waals surface area contributed by atoms with Crippen LogP contribution in [0, 0.1) is 17.1 Å². The van der Waals surface area contributed by atoms with Gasteiger partial charge < -0.3 is 14.2 Å². The minimum atomic E-state index is -0.460. The van der Waals surface area contributed by atoms with Crippen molar-refractivity contribution in [3.63, 3.8) is 0 Å². The molecule has 190 valence electrons. The van der Waals surface area contributed by atoms with Gasteiger partial charge in [0.2, 0.25) is 0 Å². The molecule has 6 nitrogen and oxygen atoms in total. The average molecular weight is 518 g/mol. The van der Waals surface area contributed by atoms with Crippen molar-refractivity contribution in [2.45, 2.75) is 24.4 Å². The Bertz CT molecular complexity index is 1390. The van der Waals surface area contributed by atoms with Crippen LogP contribution in [0.15, 0.2) is 78.1 Å². The molecule has 0 aliphatic carbocycles. The van der Waals surface area contributed by atoms with Gasteiger partial charge in [-0.05, 0) is 66.2 Å². The summed E-state index contributed by atoms with van der Waals surface area (Å²) in [7, 11) is 3.23. The summed E-state index contributed by atoms with van der Waals surface area (Å²) in [4.78, 5) is 4.73. The second kappa shape index (κ2) is 11.4. The maximum absolute atomic E-state index is 13.8. The maximum Gasteiger partial charge on any atom is 0.172 e. The van der Waals surface area contributed by atoms with Crippen LogP contribution in [0.3, 0.4) is 0 Å². The van der Waals surface area contributed by atoms with Crippen LogP contribution in [0.1, 0.15) is 30.7 Å². The van der Waals surface area contributed by atoms with E-state index < -0.39 is 5.41 Å². The van der Waals surface area contributed by atoms with Crippen LogP contribution >= 0.6 is 11.8 Å². The molecular formula is C29H28FN3O3S. The molecule has 0 atom stereocenters. The Hall–Kier alpha value is -3.96. The van der Waals surface area contributed by atoms with Crippen LogP contribution in [0.5, 0.6) is 17.2 Å². The lowest BCUT2D eigenvalue weighted by molar-refractivity contribution is 0.344. The Balaban J connectivity index is 1.62. The molecule has 1 aromatic heterocycles. The van der Waals surface area contributed by atoms with Gasteiger partial charge >= 0.3 is 0 Å². The predicted molar refractivity (Wildman–Crippen MR) is 143 cm³/mol. The van der Waals surface area contributed by atoms with Crippen LogP contribution in [0.2, 0.25) is 0 Å². The molecule has 3 aromatic carbocycles. The highest BCUT2D eigenvalue weighted by molar-refractivity contribution is 7.99. The first-order chi connectivity index (χ1) is 17.9. The second-order valence-electron chi connectivity index (χ2n) is 8.77. The van der Waals surface area contributed by atoms with Gasteiger partial charge in [-0.15, -0.1) is 0 Å². The Kier molecular flexibility index (Phi) is 8.04. The number of ether oxygens (including phenoxy) is 3. The molecule has 37 heavy (non-hydrogen) atoms. The molecule has 1 heterocycles. The van der Waals surface area contributed by atoms with E-state index in [0.717, 1.165) is 22.1 Å². The van der Waals surface area contributed by atoms with E-state index in [-0.39, 0.29) is 5.82 Å². The number of aromatic nitrogens is 2. The molecule has 0 saturated carbocycles. The van der Waals surface area contributed by atoms with Crippen molar-refractivity contribution in [2.24, 2.45) is 0 Å². The zero-order valence-corrected chi connectivity index (χ0v) is 22.0. The SMILES string of the molecule is COc1ccc(C(C)(C)c2cnc(SCCOc3ccc(C#N)cc3)n2-c2ccc(F)cc2)cc1OC. The van der Waals surface area contributed by atoms with E-state index in [4.69, 9.17) is 24.5 Å². The summed E-state index contributed by atoms with van der Waals surface area (Å²) in [6, 6.07) is 21.4. The lowest BCUT2D eigenvalue weighted by Gasteiger charge is -2.28. The van der Waals surface area contributed by atoms with Gasteiger partial charge in [0.1, 0.15) is 11.6 Å². The van der Waals surface area contributed by atoms with Crippen molar-refractivity contribution in [1.82, 2.24) is 9.55 Å². The van der Waals surface area contributed by atoms with Crippen LogP contribution in [-0.4, -0.2) is 36.1 Å². The molecule has 0 spiro atoms. The number of hydrogen-bond donors (Lipinski definition) is 0. The number of nitrogens with zero attached hydrogens (tertiary/aromatic N) is 3. The highest BCUT2D eigenvalue weighted by atomic mass is 32.2. The van der Waals surface area contributed by atoms with Gasteiger partial charge in [-0.1, -0.05) is 31.7 Å². The van der Waals surface area contributed by atoms with Crippen molar-refractivity contribution >= 4 is 11.8 Å². The lowest BCUT2D eigenvalue weighted by Crippen LogP contribution is -2.23. The molecule has 0 bridgehead atoms. The van der Waals surface area contributed by atoms with Crippen molar-refractivity contribution in [2.75, 3.05) is 26.6 Å². The Morgan fingerprint density at radius 1 is 0.973 bits per heavy atom. The molecule has 4 aromatic rings. The number of hydrogen-bond acceptors (Lipinski definition) is 6. The monoisotopic (exact) mass is 517 g/mol. The maximum atomic E-state index is 13.8. The van der Waals surface area contributed by atoms with Gasteiger partial charge in [-0.2, -0.15) is 5.26 Å². The number of thioether (sulfide) groups is 1. The third kappa shape index (κ3) is 5.73. The smallest absolute Gasteiger partial charge is 0.172 e. The third-order valence-electron chi connectivity index (χ3n) is 6.13. The number of benzene rings is 3. The summed E-state index contributed by atoms with van der Waals surface area (Å²) in [6.45, 7) is 4.70. The Labute approximate surface area is 220 Å². The van der Waals surface area contributed by atoms with E-state index in [1.54, 1.807) is 62.4 Å². The highest BCUT2D eigenvalue weighted by Gasteiger charge is 2.30. The van der Waals surface area contributed by atoms with Crippen molar-refractivity contribution < 1.29 is 18.6 Å². The fraction of sp³-hybridized carbons (Fsp3) is 0.241. The Morgan fingerprint density at radius 2 is 1.68 bits per heavy atom. The number of imidazole rings is 1. The van der Waals surface area contributed by atoms with Gasteiger partial charge in [0.15, 0.2) is 16.7 Å². The lowest BCUT2D eigenvalue weighted by atomic mass is 9.81. The normalized spacial score (nSPS) is 11.1. The van der Waals surface area contributed by atoms with Gasteiger partial charge in [0.25, 0.3) is 0 Å². The summed E-state index contributed by atoms with van der Waals surface area (Å²) in [6.07, 6.45) is 1.86. The molecule has 0 unspecified atom stereocenters. The van der Waals surface area contributed by atoms with E-state index in [2.05, 4.69) is 24.5 Å². The molecule has 0 aliphatic heterocycles. The van der Waals surface area contributed by atoms with Crippen molar-refractivity contribution in [3.05, 3.63) is 95.6 Å². The van der Waals surface area contributed by atoms with Crippen LogP contribution in [-0.2, 0) is 5.41 Å². The van der Waals surface area contributed by atoms with Gasteiger partial charge in [0.05, 0.1) is 44.3 Å². The molecule has 0 saturated heterocycles. The molecule has 0 amide bonds. The standard InChI is InChI=1S/C29H28FN3O3S/c1-29(2,21-7-14-25(34-3)26(17-21)35-4)27-19-32-28(33(27)23-10-8-22(30)9-11-23)37-16-15-36-24-12-5-20(18-31)6-13-24/h5-14,17,19H,15-16H2,1-4H3. The highest BCUT2D eigenvalue weighted by Crippen LogP contribution is 2.39. The topological polar surface area (TPSA) is 69.3 Å². The molecule has 0 N–H and O–H groups in total. The predicted octanol–water partition coefficient (Wildman–Crippen LogP) is 6.40. The van der Waals surface area contributed by atoms with E-state index in [1.807, 2.05) is 24.4 Å². The summed E-state index contributed by atoms with van der Waals surface area (Å²) in [5.74, 6) is 2.36. The van der Waals surface area contributed by atoms with Crippen LogP contribution in [0.4, 0.5) is 4.39 Å². The molecule has 4 rings (SSSR count). The van der Waals surface area contributed by atoms with Gasteiger partial charge in [0, 0.05) is 16.9 Å². The zero-order chi connectivity index (χ0) is 26.4. The fourth-order valence-corrected chi connectivity index (χ4v) is 4.82. The van der Waals surface area contributed by atoms with E-state index >= 15 is 0 Å². The third-order valence-corrected chi connectivity index (χ3v) is 7.04. The van der Waals surface area contributed by atoms with Crippen LogP contribution in [0.25, 0.3) is 5.69 Å². The first-order valence-corrected chi connectivity index (χ1v) is 12.7. The Morgan fingerprint density at radius 3 is 2.32 bits per heavy atom. The van der Waals surface area contributed by atoms with Gasteiger partial charge in [-0.25, -0.2) is 9.37 Å². The van der Waals surface area contributed by atoms with Crippen molar-refractivity contribution in [1.29, 1.82) is 5.26 Å². The van der Waals surface area contributed by atoms with E-state index in [9.17, 15) is 4.39 Å². The molecule has 8 heteroatoms. The number of halogens is 1. The summed E-state index contributed by atoms with van der Waals surface area (Å²) >= 11 is 1.55. The summed E-state index contributed by atoms with van der Waals surface area (Å²) < 4.78 is 32.6. The average Bonchev–Trinajstić information content (AvgIpc) is 3.36. The fourth-order valence-electron chi connectivity index (χ4n) is 4.01. The first kappa shape index (κ1) is 26.1. The van der Waals surface area contributed by atoms with Crippen LogP contribution < -0.4 is 14.2 Å². The molecule has 0 aliphatic rings.